The summed E-state index contributed by atoms with van der Waals surface area (Å²) in [6.07, 6.45) is 0. The van der Waals surface area contributed by atoms with E-state index in [1.807, 2.05) is 0 Å². The van der Waals surface area contributed by atoms with E-state index in [0.29, 0.717) is 5.56 Å². The van der Waals surface area contributed by atoms with Crippen molar-refractivity contribution in [1.82, 2.24) is 4.31 Å². The molecule has 1 N–H and O–H groups in total. The Kier molecular flexibility index (Phi) is 6.09. The van der Waals surface area contributed by atoms with Crippen LogP contribution >= 0.6 is 0 Å². The minimum atomic E-state index is -3.85. The number of sulfonamides is 1. The fourth-order valence-electron chi connectivity index (χ4n) is 2.46. The Morgan fingerprint density at radius 2 is 1.69 bits per heavy atom. The molecule has 0 radical (unpaired) electrons. The van der Waals surface area contributed by atoms with Crippen LogP contribution in [0.15, 0.2) is 41.3 Å². The molecule has 5 nitrogen and oxygen atoms in total. The molecule has 0 spiro atoms. The zero-order chi connectivity index (χ0) is 19.5. The highest BCUT2D eigenvalue weighted by molar-refractivity contribution is 7.89. The minimum Gasteiger partial charge on any atom is -0.319 e. The average molecular weight is 382 g/mol. The first-order valence-corrected chi connectivity index (χ1v) is 9.51. The fraction of sp³-hybridized carbons (Fsp3) is 0.278. The molecular formula is C18H20F2N2O3S. The number of benzene rings is 2. The van der Waals surface area contributed by atoms with Gasteiger partial charge in [-0.2, -0.15) is 4.31 Å². The number of amides is 1. The lowest BCUT2D eigenvalue weighted by molar-refractivity contribution is 0.102. The first kappa shape index (κ1) is 20.0. The number of nitrogens with one attached hydrogen (secondary N) is 1. The standard InChI is InChI=1S/C18H20F2N2O3S/c1-4-22(5-2)26(24,25)13-7-8-15(19)14(11-13)18(23)21-17-9-6-12(3)10-16(17)20/h6-11H,4-5H2,1-3H3,(H,21,23). The highest BCUT2D eigenvalue weighted by Crippen LogP contribution is 2.21. The number of carbonyl (C=O) groups is 1. The largest absolute Gasteiger partial charge is 0.319 e. The van der Waals surface area contributed by atoms with Gasteiger partial charge in [-0.25, -0.2) is 17.2 Å². The molecule has 2 aromatic rings. The number of anilines is 1. The first-order chi connectivity index (χ1) is 12.2. The number of aryl methyl sites for hydroxylation is 1. The van der Waals surface area contributed by atoms with Gasteiger partial charge in [0.05, 0.1) is 16.1 Å². The van der Waals surface area contributed by atoms with Gasteiger partial charge in [-0.15, -0.1) is 0 Å². The van der Waals surface area contributed by atoms with Crippen molar-refractivity contribution in [2.24, 2.45) is 0 Å². The van der Waals surface area contributed by atoms with Crippen LogP contribution in [0.3, 0.4) is 0 Å². The van der Waals surface area contributed by atoms with Gasteiger partial charge in [0.15, 0.2) is 0 Å². The van der Waals surface area contributed by atoms with Gasteiger partial charge in [0, 0.05) is 13.1 Å². The smallest absolute Gasteiger partial charge is 0.258 e. The molecule has 140 valence electrons. The number of nitrogens with zero attached hydrogens (tertiary/aromatic N) is 1. The number of hydrogen-bond donors (Lipinski definition) is 1. The van der Waals surface area contributed by atoms with Crippen molar-refractivity contribution < 1.29 is 22.0 Å². The molecule has 0 saturated heterocycles. The molecule has 0 aliphatic carbocycles. The first-order valence-electron chi connectivity index (χ1n) is 8.07. The van der Waals surface area contributed by atoms with Crippen molar-refractivity contribution >= 4 is 21.6 Å². The molecule has 2 aromatic carbocycles. The van der Waals surface area contributed by atoms with Crippen molar-refractivity contribution in [3.8, 4) is 0 Å². The van der Waals surface area contributed by atoms with E-state index in [1.165, 1.54) is 16.4 Å². The monoisotopic (exact) mass is 382 g/mol. The predicted molar refractivity (Wildman–Crippen MR) is 95.6 cm³/mol. The Balaban J connectivity index is 2.39. The van der Waals surface area contributed by atoms with Gasteiger partial charge in [0.2, 0.25) is 10.0 Å². The molecule has 0 saturated carbocycles. The summed E-state index contributed by atoms with van der Waals surface area (Å²) in [4.78, 5) is 12.1. The molecule has 2 rings (SSSR count). The Labute approximate surface area is 151 Å². The maximum absolute atomic E-state index is 14.1. The number of halogens is 2. The zero-order valence-corrected chi connectivity index (χ0v) is 15.5. The normalized spacial score (nSPS) is 11.6. The number of carbonyl (C=O) groups excluding carboxylic acids is 1. The molecule has 26 heavy (non-hydrogen) atoms. The van der Waals surface area contributed by atoms with Crippen LogP contribution in [-0.4, -0.2) is 31.7 Å². The predicted octanol–water partition coefficient (Wildman–Crippen LogP) is 3.56. The van der Waals surface area contributed by atoms with Crippen molar-refractivity contribution in [1.29, 1.82) is 0 Å². The molecular weight excluding hydrogens is 362 g/mol. The molecule has 0 aliphatic heterocycles. The highest BCUT2D eigenvalue weighted by atomic mass is 32.2. The topological polar surface area (TPSA) is 66.5 Å². The van der Waals surface area contributed by atoms with E-state index >= 15 is 0 Å². The van der Waals surface area contributed by atoms with E-state index in [4.69, 9.17) is 0 Å². The third-order valence-electron chi connectivity index (χ3n) is 3.90. The second-order valence-corrected chi connectivity index (χ2v) is 7.61. The molecule has 8 heteroatoms. The van der Waals surface area contributed by atoms with Crippen LogP contribution in [-0.2, 0) is 10.0 Å². The summed E-state index contributed by atoms with van der Waals surface area (Å²) in [7, 11) is -3.85. The van der Waals surface area contributed by atoms with E-state index in [-0.39, 0.29) is 23.7 Å². The van der Waals surface area contributed by atoms with Crippen molar-refractivity contribution in [3.05, 3.63) is 59.2 Å². The maximum Gasteiger partial charge on any atom is 0.258 e. The summed E-state index contributed by atoms with van der Waals surface area (Å²) in [6.45, 7) is 5.53. The summed E-state index contributed by atoms with van der Waals surface area (Å²) >= 11 is 0. The lowest BCUT2D eigenvalue weighted by Crippen LogP contribution is -2.31. The Bertz CT molecular complexity index is 926. The molecule has 0 atom stereocenters. The Hall–Kier alpha value is -2.32. The Morgan fingerprint density at radius 1 is 1.04 bits per heavy atom. The van der Waals surface area contributed by atoms with E-state index in [2.05, 4.69) is 5.32 Å². The van der Waals surface area contributed by atoms with Gasteiger partial charge >= 0.3 is 0 Å². The van der Waals surface area contributed by atoms with Crippen LogP contribution in [0.4, 0.5) is 14.5 Å². The molecule has 0 aliphatic rings. The molecule has 0 bridgehead atoms. The second-order valence-electron chi connectivity index (χ2n) is 5.67. The van der Waals surface area contributed by atoms with Crippen molar-refractivity contribution in [2.75, 3.05) is 18.4 Å². The third-order valence-corrected chi connectivity index (χ3v) is 5.94. The molecule has 0 aromatic heterocycles. The van der Waals surface area contributed by atoms with Crippen molar-refractivity contribution in [2.45, 2.75) is 25.7 Å². The molecule has 0 heterocycles. The quantitative estimate of drug-likeness (QED) is 0.831. The van der Waals surface area contributed by atoms with Gasteiger partial charge in [-0.05, 0) is 42.8 Å². The summed E-state index contributed by atoms with van der Waals surface area (Å²) in [5.74, 6) is -2.49. The van der Waals surface area contributed by atoms with Crippen LogP contribution in [0.2, 0.25) is 0 Å². The highest BCUT2D eigenvalue weighted by Gasteiger charge is 2.24. The van der Waals surface area contributed by atoms with Crippen LogP contribution in [0.25, 0.3) is 0 Å². The van der Waals surface area contributed by atoms with Crippen LogP contribution < -0.4 is 5.32 Å². The molecule has 0 fully saturated rings. The van der Waals surface area contributed by atoms with E-state index < -0.39 is 33.1 Å². The van der Waals surface area contributed by atoms with E-state index in [9.17, 15) is 22.0 Å². The third kappa shape index (κ3) is 4.08. The van der Waals surface area contributed by atoms with Gasteiger partial charge in [0.1, 0.15) is 11.6 Å². The summed E-state index contributed by atoms with van der Waals surface area (Å²) < 4.78 is 54.2. The number of hydrogen-bond acceptors (Lipinski definition) is 3. The van der Waals surface area contributed by atoms with Gasteiger partial charge in [-0.3, -0.25) is 4.79 Å². The van der Waals surface area contributed by atoms with E-state index in [0.717, 1.165) is 18.2 Å². The van der Waals surface area contributed by atoms with E-state index in [1.54, 1.807) is 26.8 Å². The van der Waals surface area contributed by atoms with Gasteiger partial charge in [0.25, 0.3) is 5.91 Å². The molecule has 1 amide bonds. The summed E-state index contributed by atoms with van der Waals surface area (Å²) in [5.41, 5.74) is 0.0780. The second kappa shape index (κ2) is 7.92. The average Bonchev–Trinajstić information content (AvgIpc) is 2.58. The number of rotatable bonds is 6. The van der Waals surface area contributed by atoms with Crippen LogP contribution in [0.5, 0.6) is 0 Å². The SMILES string of the molecule is CCN(CC)S(=O)(=O)c1ccc(F)c(C(=O)Nc2ccc(C)cc2F)c1. The zero-order valence-electron chi connectivity index (χ0n) is 14.7. The lowest BCUT2D eigenvalue weighted by atomic mass is 10.1. The maximum atomic E-state index is 14.1. The van der Waals surface area contributed by atoms with Crippen LogP contribution in [0, 0.1) is 18.6 Å². The summed E-state index contributed by atoms with van der Waals surface area (Å²) in [6, 6.07) is 7.16. The lowest BCUT2D eigenvalue weighted by Gasteiger charge is -2.19. The van der Waals surface area contributed by atoms with Gasteiger partial charge < -0.3 is 5.32 Å². The fourth-order valence-corrected chi connectivity index (χ4v) is 3.95. The summed E-state index contributed by atoms with van der Waals surface area (Å²) in [5, 5.41) is 2.27. The van der Waals surface area contributed by atoms with Gasteiger partial charge in [-0.1, -0.05) is 19.9 Å². The molecule has 0 unspecified atom stereocenters. The van der Waals surface area contributed by atoms with Crippen LogP contribution in [0.1, 0.15) is 29.8 Å². The Morgan fingerprint density at radius 3 is 2.27 bits per heavy atom. The minimum absolute atomic E-state index is 0.114. The van der Waals surface area contributed by atoms with Crippen molar-refractivity contribution in [3.63, 3.8) is 0 Å².